The van der Waals surface area contributed by atoms with Gasteiger partial charge in [-0.1, -0.05) is 11.6 Å². The molecule has 5 N–H and O–H groups in total. The SMILES string of the molecule is [B]C([B])(O)NC1CC(C)NC(NC2CC3CCOC3C(C3=CCN(C)CCC3)C2F)N1. The van der Waals surface area contributed by atoms with Crippen molar-refractivity contribution < 1.29 is 14.2 Å². The predicted octanol–water partition coefficient (Wildman–Crippen LogP) is -0.529. The van der Waals surface area contributed by atoms with Gasteiger partial charge in [-0.3, -0.25) is 21.3 Å². The van der Waals surface area contributed by atoms with Gasteiger partial charge in [-0.15, -0.1) is 0 Å². The fourth-order valence-electron chi connectivity index (χ4n) is 5.80. The number of halogens is 1. The van der Waals surface area contributed by atoms with Crippen molar-refractivity contribution in [3.8, 4) is 0 Å². The molecule has 10 heteroatoms. The zero-order valence-electron chi connectivity index (χ0n) is 18.7. The van der Waals surface area contributed by atoms with Gasteiger partial charge in [0.15, 0.2) is 0 Å². The number of alkyl halides is 1. The first-order valence-corrected chi connectivity index (χ1v) is 11.7. The van der Waals surface area contributed by atoms with Crippen LogP contribution in [-0.4, -0.2) is 94.8 Å². The first kappa shape index (κ1) is 23.7. The summed E-state index contributed by atoms with van der Waals surface area (Å²) < 4.78 is 22.1. The highest BCUT2D eigenvalue weighted by molar-refractivity contribution is 6.38. The molecule has 1 aliphatic carbocycles. The number of nitrogens with zero attached hydrogens (tertiary/aromatic N) is 1. The number of aliphatic hydroxyl groups is 1. The molecule has 4 radical (unpaired) electrons. The highest BCUT2D eigenvalue weighted by Gasteiger charge is 2.49. The summed E-state index contributed by atoms with van der Waals surface area (Å²) in [4.78, 5) is 2.28. The van der Waals surface area contributed by atoms with Crippen LogP contribution in [0.15, 0.2) is 11.6 Å². The average Bonchev–Trinajstić information content (AvgIpc) is 3.01. The van der Waals surface area contributed by atoms with Gasteiger partial charge >= 0.3 is 0 Å². The summed E-state index contributed by atoms with van der Waals surface area (Å²) in [5.41, 5.74) is -0.750. The maximum absolute atomic E-state index is 16.0. The highest BCUT2D eigenvalue weighted by Crippen LogP contribution is 2.44. The minimum Gasteiger partial charge on any atom is -0.395 e. The van der Waals surface area contributed by atoms with E-state index in [-0.39, 0.29) is 36.6 Å². The second kappa shape index (κ2) is 9.79. The molecule has 0 spiro atoms. The molecule has 2 saturated heterocycles. The first-order valence-electron chi connectivity index (χ1n) is 11.7. The molecule has 0 bridgehead atoms. The summed E-state index contributed by atoms with van der Waals surface area (Å²) in [6.45, 7) is 4.66. The topological polar surface area (TPSA) is 80.8 Å². The van der Waals surface area contributed by atoms with E-state index >= 15 is 4.39 Å². The number of likely N-dealkylation sites (N-methyl/N-ethyl adjacent to an activating group) is 1. The molecular weight excluding hydrogens is 395 g/mol. The van der Waals surface area contributed by atoms with Crippen molar-refractivity contribution in [3.63, 3.8) is 0 Å². The summed E-state index contributed by atoms with van der Waals surface area (Å²) in [6.07, 6.45) is 4.97. The Balaban J connectivity index is 1.46. The lowest BCUT2D eigenvalue weighted by Gasteiger charge is -2.46. The molecular formula is C21H36B2FN5O2. The standard InChI is InChI=1S/C21H36B2FN5O2/c1-12-10-16(28-21(22,23)30)27-20(25-12)26-15-11-14-6-9-31-19(14)17(18(15)24)13-4-3-7-29(2)8-5-13/h5,12,14-20,25-28,30H,3-4,6-11H2,1-2H3. The fraction of sp³-hybridized carbons (Fsp3) is 0.905. The Morgan fingerprint density at radius 1 is 1.32 bits per heavy atom. The molecule has 4 aliphatic rings. The monoisotopic (exact) mass is 431 g/mol. The molecule has 0 amide bonds. The first-order chi connectivity index (χ1) is 14.7. The molecule has 1 saturated carbocycles. The lowest BCUT2D eigenvalue weighted by molar-refractivity contribution is -0.0267. The van der Waals surface area contributed by atoms with Crippen LogP contribution in [-0.2, 0) is 4.74 Å². The van der Waals surface area contributed by atoms with E-state index in [4.69, 9.17) is 20.4 Å². The predicted molar refractivity (Wildman–Crippen MR) is 120 cm³/mol. The Morgan fingerprint density at radius 3 is 2.90 bits per heavy atom. The van der Waals surface area contributed by atoms with Crippen LogP contribution in [0, 0.1) is 11.8 Å². The van der Waals surface area contributed by atoms with E-state index < -0.39 is 11.7 Å². The van der Waals surface area contributed by atoms with Gasteiger partial charge in [-0.05, 0) is 58.5 Å². The average molecular weight is 431 g/mol. The van der Waals surface area contributed by atoms with E-state index in [1.807, 2.05) is 6.92 Å². The van der Waals surface area contributed by atoms with Gasteiger partial charge in [-0.25, -0.2) is 4.39 Å². The van der Waals surface area contributed by atoms with Gasteiger partial charge in [0.2, 0.25) is 0 Å². The zero-order chi connectivity index (χ0) is 22.2. The van der Waals surface area contributed by atoms with Gasteiger partial charge < -0.3 is 14.7 Å². The van der Waals surface area contributed by atoms with E-state index in [0.717, 1.165) is 38.8 Å². The second-order valence-electron chi connectivity index (χ2n) is 9.93. The largest absolute Gasteiger partial charge is 0.395 e. The second-order valence-corrected chi connectivity index (χ2v) is 9.93. The van der Waals surface area contributed by atoms with Crippen molar-refractivity contribution in [1.82, 2.24) is 26.2 Å². The Kier molecular flexibility index (Phi) is 7.48. The molecule has 3 fully saturated rings. The van der Waals surface area contributed by atoms with Crippen molar-refractivity contribution in [2.24, 2.45) is 11.8 Å². The van der Waals surface area contributed by atoms with Gasteiger partial charge in [0, 0.05) is 36.7 Å². The third kappa shape index (κ3) is 5.91. The van der Waals surface area contributed by atoms with E-state index in [0.29, 0.717) is 18.9 Å². The molecule has 31 heavy (non-hydrogen) atoms. The zero-order valence-corrected chi connectivity index (χ0v) is 18.7. The van der Waals surface area contributed by atoms with Crippen LogP contribution in [0.1, 0.15) is 39.0 Å². The summed E-state index contributed by atoms with van der Waals surface area (Å²) in [6, 6.07) is -0.154. The lowest BCUT2D eigenvalue weighted by Crippen LogP contribution is -2.71. The minimum absolute atomic E-state index is 0.0206. The third-order valence-corrected chi connectivity index (χ3v) is 7.19. The number of ether oxygens (including phenoxy) is 1. The highest BCUT2D eigenvalue weighted by atomic mass is 19.1. The third-order valence-electron chi connectivity index (χ3n) is 7.19. The molecule has 8 unspecified atom stereocenters. The Labute approximate surface area is 188 Å². The molecule has 0 aromatic heterocycles. The Bertz CT molecular complexity index is 652. The molecule has 4 rings (SSSR count). The molecule has 0 aromatic rings. The van der Waals surface area contributed by atoms with Crippen LogP contribution in [0.3, 0.4) is 0 Å². The molecule has 0 aromatic carbocycles. The summed E-state index contributed by atoms with van der Waals surface area (Å²) in [7, 11) is 13.1. The summed E-state index contributed by atoms with van der Waals surface area (Å²) >= 11 is 0. The number of nitrogens with one attached hydrogen (secondary N) is 4. The summed E-state index contributed by atoms with van der Waals surface area (Å²) in [5, 5.41) is 22.7. The Morgan fingerprint density at radius 2 is 2.13 bits per heavy atom. The maximum atomic E-state index is 16.0. The van der Waals surface area contributed by atoms with Crippen LogP contribution in [0.4, 0.5) is 4.39 Å². The molecule has 8 atom stereocenters. The van der Waals surface area contributed by atoms with Gasteiger partial charge in [0.05, 0.1) is 12.3 Å². The van der Waals surface area contributed by atoms with E-state index in [2.05, 4.69) is 39.3 Å². The van der Waals surface area contributed by atoms with Crippen LogP contribution in [0.2, 0.25) is 0 Å². The minimum atomic E-state index is -1.97. The number of rotatable bonds is 5. The van der Waals surface area contributed by atoms with Gasteiger partial charge in [0.1, 0.15) is 28.2 Å². The number of hydrogen-bond donors (Lipinski definition) is 5. The molecule has 170 valence electrons. The normalized spacial score (nSPS) is 42.6. The van der Waals surface area contributed by atoms with Crippen molar-refractivity contribution in [2.75, 3.05) is 26.7 Å². The van der Waals surface area contributed by atoms with Crippen molar-refractivity contribution in [1.29, 1.82) is 0 Å². The van der Waals surface area contributed by atoms with E-state index in [1.165, 1.54) is 5.57 Å². The van der Waals surface area contributed by atoms with Crippen molar-refractivity contribution in [2.45, 2.75) is 81.4 Å². The van der Waals surface area contributed by atoms with Crippen LogP contribution < -0.4 is 21.3 Å². The smallest absolute Gasteiger partial charge is 0.124 e. The lowest BCUT2D eigenvalue weighted by atomic mass is 9.71. The summed E-state index contributed by atoms with van der Waals surface area (Å²) in [5.74, 6) is 0.169. The molecule has 3 aliphatic heterocycles. The maximum Gasteiger partial charge on any atom is 0.124 e. The van der Waals surface area contributed by atoms with Crippen LogP contribution >= 0.6 is 0 Å². The number of fused-ring (bicyclic) bond motifs is 1. The van der Waals surface area contributed by atoms with Crippen molar-refractivity contribution >= 4 is 15.7 Å². The molecule has 7 nitrogen and oxygen atoms in total. The van der Waals surface area contributed by atoms with Crippen LogP contribution in [0.5, 0.6) is 0 Å². The van der Waals surface area contributed by atoms with Gasteiger partial charge in [0.25, 0.3) is 0 Å². The Hall–Kier alpha value is -0.480. The fourth-order valence-corrected chi connectivity index (χ4v) is 5.80. The van der Waals surface area contributed by atoms with Crippen LogP contribution in [0.25, 0.3) is 0 Å². The molecule has 3 heterocycles. The van der Waals surface area contributed by atoms with E-state index in [1.54, 1.807) is 0 Å². The van der Waals surface area contributed by atoms with Crippen molar-refractivity contribution in [3.05, 3.63) is 11.6 Å². The number of hydrogen-bond acceptors (Lipinski definition) is 7. The van der Waals surface area contributed by atoms with E-state index in [9.17, 15) is 5.11 Å². The quantitative estimate of drug-likeness (QED) is 0.228. The van der Waals surface area contributed by atoms with Gasteiger partial charge in [-0.2, -0.15) is 0 Å².